The van der Waals surface area contributed by atoms with E-state index in [1.54, 1.807) is 0 Å². The van der Waals surface area contributed by atoms with E-state index in [9.17, 15) is 4.79 Å². The fourth-order valence-corrected chi connectivity index (χ4v) is 2.70. The van der Waals surface area contributed by atoms with Gasteiger partial charge >= 0.3 is 0 Å². The third kappa shape index (κ3) is 2.93. The average Bonchev–Trinajstić information content (AvgIpc) is 2.96. The molecule has 1 amide bonds. The van der Waals surface area contributed by atoms with Gasteiger partial charge in [0.05, 0.1) is 0 Å². The van der Waals surface area contributed by atoms with E-state index in [0.29, 0.717) is 5.92 Å². The van der Waals surface area contributed by atoms with Crippen LogP contribution in [0, 0.1) is 5.92 Å². The summed E-state index contributed by atoms with van der Waals surface area (Å²) in [6.45, 7) is 4.86. The summed E-state index contributed by atoms with van der Waals surface area (Å²) < 4.78 is 1.97. The van der Waals surface area contributed by atoms with E-state index in [1.165, 1.54) is 0 Å². The lowest BCUT2D eigenvalue weighted by molar-refractivity contribution is -0.133. The summed E-state index contributed by atoms with van der Waals surface area (Å²) in [4.78, 5) is 16.6. The van der Waals surface area contributed by atoms with Crippen molar-refractivity contribution in [2.24, 2.45) is 5.92 Å². The van der Waals surface area contributed by atoms with Gasteiger partial charge in [0.1, 0.15) is 6.04 Å². The number of amides is 1. The van der Waals surface area contributed by atoms with Gasteiger partial charge in [0, 0.05) is 32.0 Å². The molecule has 2 heterocycles. The van der Waals surface area contributed by atoms with Crippen molar-refractivity contribution in [2.75, 3.05) is 33.7 Å². The molecule has 1 aromatic rings. The molecule has 2 atom stereocenters. The van der Waals surface area contributed by atoms with Crippen LogP contribution in [0.25, 0.3) is 0 Å². The number of likely N-dealkylation sites (tertiary alicyclic amines) is 1. The van der Waals surface area contributed by atoms with Gasteiger partial charge in [-0.2, -0.15) is 0 Å². The summed E-state index contributed by atoms with van der Waals surface area (Å²) in [5.74, 6) is 0.869. The van der Waals surface area contributed by atoms with Crippen molar-refractivity contribution in [3.05, 3.63) is 24.5 Å². The van der Waals surface area contributed by atoms with Gasteiger partial charge in [-0.3, -0.25) is 4.79 Å². The number of carbonyl (C=O) groups is 1. The topological polar surface area (TPSA) is 28.5 Å². The third-order valence-electron chi connectivity index (χ3n) is 3.65. The molecule has 0 radical (unpaired) electrons. The fourth-order valence-electron chi connectivity index (χ4n) is 2.70. The Kier molecular flexibility index (Phi) is 4.07. The summed E-state index contributed by atoms with van der Waals surface area (Å²) in [5, 5.41) is 0. The first kappa shape index (κ1) is 13.1. The molecule has 0 aromatic carbocycles. The van der Waals surface area contributed by atoms with Gasteiger partial charge in [-0.25, -0.2) is 0 Å². The molecule has 1 saturated heterocycles. The second-order valence-corrected chi connectivity index (χ2v) is 5.51. The number of hydrogen-bond donors (Lipinski definition) is 0. The van der Waals surface area contributed by atoms with Crippen LogP contribution in [-0.2, 0) is 4.79 Å². The second kappa shape index (κ2) is 5.57. The fraction of sp³-hybridized carbons (Fsp3) is 0.643. The third-order valence-corrected chi connectivity index (χ3v) is 3.65. The number of carbonyl (C=O) groups excluding carboxylic acids is 1. The molecule has 2 unspecified atom stereocenters. The first-order chi connectivity index (χ1) is 8.58. The molecular formula is C14H23N3O. The van der Waals surface area contributed by atoms with E-state index in [0.717, 1.165) is 26.1 Å². The van der Waals surface area contributed by atoms with Crippen LogP contribution in [0.3, 0.4) is 0 Å². The van der Waals surface area contributed by atoms with Crippen LogP contribution in [0.5, 0.6) is 0 Å². The number of aromatic nitrogens is 1. The molecule has 4 nitrogen and oxygen atoms in total. The lowest BCUT2D eigenvalue weighted by Gasteiger charge is -2.22. The Hall–Kier alpha value is -1.29. The molecule has 0 spiro atoms. The Labute approximate surface area is 109 Å². The highest BCUT2D eigenvalue weighted by Crippen LogP contribution is 2.20. The van der Waals surface area contributed by atoms with Crippen molar-refractivity contribution in [3.8, 4) is 0 Å². The number of rotatable bonds is 4. The molecule has 1 aromatic heterocycles. The largest absolute Gasteiger partial charge is 0.342 e. The molecule has 0 saturated carbocycles. The number of hydrogen-bond acceptors (Lipinski definition) is 2. The van der Waals surface area contributed by atoms with Gasteiger partial charge in [0.2, 0.25) is 5.91 Å². The molecule has 1 aliphatic rings. The van der Waals surface area contributed by atoms with E-state index >= 15 is 0 Å². The Balaban J connectivity index is 1.91. The normalized spacial score (nSPS) is 21.6. The van der Waals surface area contributed by atoms with Crippen molar-refractivity contribution in [1.29, 1.82) is 0 Å². The van der Waals surface area contributed by atoms with Crippen LogP contribution >= 0.6 is 0 Å². The maximum Gasteiger partial charge on any atom is 0.245 e. The van der Waals surface area contributed by atoms with Crippen LogP contribution in [-0.4, -0.2) is 54.0 Å². The van der Waals surface area contributed by atoms with Crippen molar-refractivity contribution in [2.45, 2.75) is 19.4 Å². The highest BCUT2D eigenvalue weighted by atomic mass is 16.2. The Morgan fingerprint density at radius 1 is 1.39 bits per heavy atom. The quantitative estimate of drug-likeness (QED) is 0.808. The molecule has 100 valence electrons. The molecular weight excluding hydrogens is 226 g/mol. The highest BCUT2D eigenvalue weighted by molar-refractivity contribution is 5.80. The van der Waals surface area contributed by atoms with Crippen LogP contribution in [0.2, 0.25) is 0 Å². The van der Waals surface area contributed by atoms with Gasteiger partial charge in [-0.1, -0.05) is 0 Å². The van der Waals surface area contributed by atoms with Gasteiger partial charge in [0.25, 0.3) is 0 Å². The Bertz CT molecular complexity index is 386. The monoisotopic (exact) mass is 249 g/mol. The maximum absolute atomic E-state index is 12.4. The van der Waals surface area contributed by atoms with E-state index in [4.69, 9.17) is 0 Å². The van der Waals surface area contributed by atoms with Crippen LogP contribution in [0.4, 0.5) is 0 Å². The zero-order valence-corrected chi connectivity index (χ0v) is 11.5. The molecule has 0 bridgehead atoms. The maximum atomic E-state index is 12.4. The van der Waals surface area contributed by atoms with Crippen LogP contribution in [0.1, 0.15) is 19.4 Å². The van der Waals surface area contributed by atoms with Crippen molar-refractivity contribution in [1.82, 2.24) is 14.4 Å². The first-order valence-corrected chi connectivity index (χ1v) is 6.64. The lowest BCUT2D eigenvalue weighted by atomic mass is 10.1. The molecule has 4 heteroatoms. The minimum absolute atomic E-state index is 0.0851. The SMILES string of the molecule is CC(C(=O)N1CCC(CN(C)C)C1)n1cccc1. The minimum atomic E-state index is -0.0851. The van der Waals surface area contributed by atoms with Crippen molar-refractivity contribution < 1.29 is 4.79 Å². The van der Waals surface area contributed by atoms with Gasteiger partial charge in [-0.15, -0.1) is 0 Å². The zero-order valence-electron chi connectivity index (χ0n) is 11.5. The summed E-state index contributed by atoms with van der Waals surface area (Å²) in [6.07, 6.45) is 5.04. The first-order valence-electron chi connectivity index (χ1n) is 6.64. The predicted molar refractivity (Wildman–Crippen MR) is 72.4 cm³/mol. The lowest BCUT2D eigenvalue weighted by Crippen LogP contribution is -2.35. The second-order valence-electron chi connectivity index (χ2n) is 5.51. The smallest absolute Gasteiger partial charge is 0.245 e. The molecule has 0 aliphatic carbocycles. The summed E-state index contributed by atoms with van der Waals surface area (Å²) in [5.41, 5.74) is 0. The Morgan fingerprint density at radius 3 is 2.67 bits per heavy atom. The summed E-state index contributed by atoms with van der Waals surface area (Å²) in [7, 11) is 4.18. The van der Waals surface area contributed by atoms with E-state index in [2.05, 4.69) is 19.0 Å². The number of nitrogens with zero attached hydrogens (tertiary/aromatic N) is 3. The summed E-state index contributed by atoms with van der Waals surface area (Å²) in [6, 6.07) is 3.84. The van der Waals surface area contributed by atoms with E-state index < -0.39 is 0 Å². The predicted octanol–water partition coefficient (Wildman–Crippen LogP) is 1.46. The Morgan fingerprint density at radius 2 is 2.06 bits per heavy atom. The van der Waals surface area contributed by atoms with Gasteiger partial charge in [0.15, 0.2) is 0 Å². The standard InChI is InChI=1S/C14H23N3O/c1-12(16-7-4-5-8-16)14(18)17-9-6-13(11-17)10-15(2)3/h4-5,7-8,12-13H,6,9-11H2,1-3H3. The molecule has 1 fully saturated rings. The summed E-state index contributed by atoms with van der Waals surface area (Å²) >= 11 is 0. The minimum Gasteiger partial charge on any atom is -0.342 e. The van der Waals surface area contributed by atoms with Crippen LogP contribution in [0.15, 0.2) is 24.5 Å². The highest BCUT2D eigenvalue weighted by Gasteiger charge is 2.29. The van der Waals surface area contributed by atoms with Crippen LogP contribution < -0.4 is 0 Å². The van der Waals surface area contributed by atoms with Crippen molar-refractivity contribution >= 4 is 5.91 Å². The molecule has 2 rings (SSSR count). The zero-order chi connectivity index (χ0) is 13.1. The molecule has 0 N–H and O–H groups in total. The average molecular weight is 249 g/mol. The van der Waals surface area contributed by atoms with E-state index in [-0.39, 0.29) is 11.9 Å². The van der Waals surface area contributed by atoms with Crippen molar-refractivity contribution in [3.63, 3.8) is 0 Å². The molecule has 18 heavy (non-hydrogen) atoms. The van der Waals surface area contributed by atoms with Gasteiger partial charge < -0.3 is 14.4 Å². The molecule has 1 aliphatic heterocycles. The van der Waals surface area contributed by atoms with Gasteiger partial charge in [-0.05, 0) is 45.5 Å². The van der Waals surface area contributed by atoms with E-state index in [1.807, 2.05) is 40.9 Å².